The number of amides is 2. The Morgan fingerprint density at radius 3 is 2.76 bits per heavy atom. The van der Waals surface area contributed by atoms with Crippen LogP contribution in [0.3, 0.4) is 0 Å². The maximum absolute atomic E-state index is 12.2. The third kappa shape index (κ3) is 2.30. The molecule has 1 aliphatic heterocycles. The average Bonchev–Trinajstić information content (AvgIpc) is 2.70. The minimum atomic E-state index is -0.473. The highest BCUT2D eigenvalue weighted by Gasteiger charge is 2.27. The van der Waals surface area contributed by atoms with Gasteiger partial charge in [-0.1, -0.05) is 18.2 Å². The second-order valence-corrected chi connectivity index (χ2v) is 4.29. The van der Waals surface area contributed by atoms with Gasteiger partial charge in [-0.2, -0.15) is 0 Å². The van der Waals surface area contributed by atoms with Gasteiger partial charge in [0.15, 0.2) is 0 Å². The lowest BCUT2D eigenvalue weighted by Gasteiger charge is -2.21. The molecule has 4 nitrogen and oxygen atoms in total. The Bertz CT molecular complexity index is 456. The highest BCUT2D eigenvalue weighted by Crippen LogP contribution is 2.27. The van der Waals surface area contributed by atoms with Crippen LogP contribution in [-0.4, -0.2) is 24.4 Å². The quantitative estimate of drug-likeness (QED) is 0.830. The molecule has 0 spiro atoms. The van der Waals surface area contributed by atoms with Crippen LogP contribution in [0, 0.1) is 0 Å². The van der Waals surface area contributed by atoms with E-state index in [1.54, 1.807) is 11.8 Å². The highest BCUT2D eigenvalue weighted by atomic mass is 16.2. The molecule has 1 aromatic rings. The first-order valence-corrected chi connectivity index (χ1v) is 5.76. The van der Waals surface area contributed by atoms with Gasteiger partial charge in [-0.15, -0.1) is 0 Å². The Morgan fingerprint density at radius 2 is 2.06 bits per heavy atom. The molecule has 0 bridgehead atoms. The number of rotatable bonds is 2. The molecule has 0 fully saturated rings. The summed E-state index contributed by atoms with van der Waals surface area (Å²) in [7, 11) is 0. The SMILES string of the molecule is CC(=O)N[C@@H](C)C(=O)N1CCc2ccccc21. The number of nitrogens with zero attached hydrogens (tertiary/aromatic N) is 1. The van der Waals surface area contributed by atoms with Gasteiger partial charge in [0.05, 0.1) is 0 Å². The van der Waals surface area contributed by atoms with Crippen molar-refractivity contribution in [1.82, 2.24) is 5.32 Å². The lowest BCUT2D eigenvalue weighted by molar-refractivity contribution is -0.126. The number of carbonyl (C=O) groups is 2. The van der Waals surface area contributed by atoms with Gasteiger partial charge in [-0.3, -0.25) is 9.59 Å². The summed E-state index contributed by atoms with van der Waals surface area (Å²) < 4.78 is 0. The van der Waals surface area contributed by atoms with Gasteiger partial charge in [0.2, 0.25) is 11.8 Å². The van der Waals surface area contributed by atoms with Crippen molar-refractivity contribution in [3.8, 4) is 0 Å². The zero-order chi connectivity index (χ0) is 12.4. The van der Waals surface area contributed by atoms with Crippen molar-refractivity contribution in [3.63, 3.8) is 0 Å². The summed E-state index contributed by atoms with van der Waals surface area (Å²) in [6, 6.07) is 7.41. The Morgan fingerprint density at radius 1 is 1.35 bits per heavy atom. The highest BCUT2D eigenvalue weighted by molar-refractivity contribution is 6.00. The van der Waals surface area contributed by atoms with Gasteiger partial charge in [0.1, 0.15) is 6.04 Å². The van der Waals surface area contributed by atoms with E-state index in [2.05, 4.69) is 5.32 Å². The van der Waals surface area contributed by atoms with E-state index in [4.69, 9.17) is 0 Å². The number of fused-ring (bicyclic) bond motifs is 1. The van der Waals surface area contributed by atoms with Crippen LogP contribution >= 0.6 is 0 Å². The third-order valence-corrected chi connectivity index (χ3v) is 2.94. The molecule has 0 saturated heterocycles. The Kier molecular flexibility index (Phi) is 3.13. The molecule has 2 amide bonds. The van der Waals surface area contributed by atoms with Crippen molar-refractivity contribution in [2.24, 2.45) is 0 Å². The van der Waals surface area contributed by atoms with E-state index in [0.29, 0.717) is 6.54 Å². The molecule has 2 rings (SSSR count). The third-order valence-electron chi connectivity index (χ3n) is 2.94. The zero-order valence-electron chi connectivity index (χ0n) is 10.1. The minimum Gasteiger partial charge on any atom is -0.345 e. The fourth-order valence-electron chi connectivity index (χ4n) is 2.17. The Hall–Kier alpha value is -1.84. The molecule has 1 aromatic carbocycles. The van der Waals surface area contributed by atoms with Crippen LogP contribution in [0.1, 0.15) is 19.4 Å². The average molecular weight is 232 g/mol. The first-order chi connectivity index (χ1) is 8.09. The number of para-hydroxylation sites is 1. The fourth-order valence-corrected chi connectivity index (χ4v) is 2.17. The number of hydrogen-bond acceptors (Lipinski definition) is 2. The summed E-state index contributed by atoms with van der Waals surface area (Å²) in [4.78, 5) is 24.8. The van der Waals surface area contributed by atoms with Crippen molar-refractivity contribution in [3.05, 3.63) is 29.8 Å². The molecule has 0 unspecified atom stereocenters. The van der Waals surface area contributed by atoms with Crippen LogP contribution in [0.2, 0.25) is 0 Å². The van der Waals surface area contributed by atoms with Crippen molar-refractivity contribution in [2.45, 2.75) is 26.3 Å². The van der Waals surface area contributed by atoms with E-state index in [9.17, 15) is 9.59 Å². The summed E-state index contributed by atoms with van der Waals surface area (Å²) in [6.07, 6.45) is 0.884. The molecule has 0 aromatic heterocycles. The Labute approximate surface area is 101 Å². The number of hydrogen-bond donors (Lipinski definition) is 1. The van der Waals surface area contributed by atoms with Crippen molar-refractivity contribution < 1.29 is 9.59 Å². The first kappa shape index (κ1) is 11.6. The summed E-state index contributed by atoms with van der Waals surface area (Å²) in [6.45, 7) is 3.83. The standard InChI is InChI=1S/C13H16N2O2/c1-9(14-10(2)16)13(17)15-8-7-11-5-3-4-6-12(11)15/h3-6,9H,7-8H2,1-2H3,(H,14,16)/t9-/m0/s1. The number of carbonyl (C=O) groups excluding carboxylic acids is 2. The second kappa shape index (κ2) is 4.57. The normalized spacial score (nSPS) is 15.3. The first-order valence-electron chi connectivity index (χ1n) is 5.76. The minimum absolute atomic E-state index is 0.0508. The number of anilines is 1. The van der Waals surface area contributed by atoms with Crippen molar-refractivity contribution in [2.75, 3.05) is 11.4 Å². The maximum atomic E-state index is 12.2. The molecule has 1 heterocycles. The lowest BCUT2D eigenvalue weighted by atomic mass is 10.2. The molecular formula is C13H16N2O2. The predicted molar refractivity (Wildman–Crippen MR) is 65.8 cm³/mol. The van der Waals surface area contributed by atoms with Crippen molar-refractivity contribution >= 4 is 17.5 Å². The Balaban J connectivity index is 2.15. The van der Waals surface area contributed by atoms with Gasteiger partial charge in [0.25, 0.3) is 0 Å². The number of benzene rings is 1. The van der Waals surface area contributed by atoms with E-state index in [-0.39, 0.29) is 11.8 Å². The zero-order valence-corrected chi connectivity index (χ0v) is 10.1. The summed E-state index contributed by atoms with van der Waals surface area (Å²) in [5, 5.41) is 2.62. The van der Waals surface area contributed by atoms with Crippen LogP contribution in [-0.2, 0) is 16.0 Å². The summed E-state index contributed by atoms with van der Waals surface area (Å²) >= 11 is 0. The number of nitrogens with one attached hydrogen (secondary N) is 1. The molecule has 4 heteroatoms. The van der Waals surface area contributed by atoms with Gasteiger partial charge >= 0.3 is 0 Å². The molecule has 1 aliphatic rings. The topological polar surface area (TPSA) is 49.4 Å². The van der Waals surface area contributed by atoms with Gasteiger partial charge in [-0.25, -0.2) is 0 Å². The monoisotopic (exact) mass is 232 g/mol. The molecule has 1 N–H and O–H groups in total. The molecule has 17 heavy (non-hydrogen) atoms. The molecule has 90 valence electrons. The van der Waals surface area contributed by atoms with Crippen molar-refractivity contribution in [1.29, 1.82) is 0 Å². The molecule has 1 atom stereocenters. The van der Waals surface area contributed by atoms with E-state index in [1.807, 2.05) is 24.3 Å². The van der Waals surface area contributed by atoms with E-state index >= 15 is 0 Å². The van der Waals surface area contributed by atoms with E-state index in [0.717, 1.165) is 12.1 Å². The predicted octanol–water partition coefficient (Wildman–Crippen LogP) is 1.10. The molecule has 0 aliphatic carbocycles. The van der Waals surface area contributed by atoms with Crippen LogP contribution in [0.15, 0.2) is 24.3 Å². The van der Waals surface area contributed by atoms with Gasteiger partial charge < -0.3 is 10.2 Å². The fraction of sp³-hybridized carbons (Fsp3) is 0.385. The van der Waals surface area contributed by atoms with Gasteiger partial charge in [0, 0.05) is 19.2 Å². The summed E-state index contributed by atoms with van der Waals surface area (Å²) in [5.41, 5.74) is 2.16. The summed E-state index contributed by atoms with van der Waals surface area (Å²) in [5.74, 6) is -0.233. The maximum Gasteiger partial charge on any atom is 0.249 e. The largest absolute Gasteiger partial charge is 0.345 e. The van der Waals surface area contributed by atoms with E-state index < -0.39 is 6.04 Å². The van der Waals surface area contributed by atoms with Crippen LogP contribution < -0.4 is 10.2 Å². The smallest absolute Gasteiger partial charge is 0.249 e. The lowest BCUT2D eigenvalue weighted by Crippen LogP contribution is -2.45. The second-order valence-electron chi connectivity index (χ2n) is 4.29. The van der Waals surface area contributed by atoms with Crippen LogP contribution in [0.25, 0.3) is 0 Å². The van der Waals surface area contributed by atoms with Crippen LogP contribution in [0.5, 0.6) is 0 Å². The van der Waals surface area contributed by atoms with Gasteiger partial charge in [-0.05, 0) is 25.0 Å². The van der Waals surface area contributed by atoms with Crippen LogP contribution in [0.4, 0.5) is 5.69 Å². The molecule has 0 saturated carbocycles. The molecular weight excluding hydrogens is 216 g/mol. The molecule has 0 radical (unpaired) electrons. The van der Waals surface area contributed by atoms with E-state index in [1.165, 1.54) is 12.5 Å².